The minimum Gasteiger partial charge on any atom is -0.495 e. The monoisotopic (exact) mass is 262 g/mol. The van der Waals surface area contributed by atoms with Gasteiger partial charge in [0.1, 0.15) is 5.75 Å². The number of hydrogen-bond acceptors (Lipinski definition) is 3. The zero-order valence-electron chi connectivity index (χ0n) is 12.8. The number of methoxy groups -OCH3 is 1. The van der Waals surface area contributed by atoms with E-state index in [2.05, 4.69) is 56.1 Å². The topological polar surface area (TPSA) is 24.5 Å². The van der Waals surface area contributed by atoms with Crippen molar-refractivity contribution < 1.29 is 4.74 Å². The van der Waals surface area contributed by atoms with E-state index in [0.29, 0.717) is 6.04 Å². The van der Waals surface area contributed by atoms with E-state index in [0.717, 1.165) is 25.3 Å². The van der Waals surface area contributed by atoms with Gasteiger partial charge >= 0.3 is 0 Å². The lowest BCUT2D eigenvalue weighted by molar-refractivity contribution is 0.283. The first kappa shape index (κ1) is 14.2. The summed E-state index contributed by atoms with van der Waals surface area (Å²) in [5.41, 5.74) is 2.68. The zero-order chi connectivity index (χ0) is 14.0. The number of nitrogens with one attached hydrogen (secondary N) is 1. The Morgan fingerprint density at radius 2 is 2.21 bits per heavy atom. The molecule has 2 unspecified atom stereocenters. The van der Waals surface area contributed by atoms with Gasteiger partial charge in [-0.25, -0.2) is 0 Å². The molecule has 1 aliphatic heterocycles. The average Bonchev–Trinajstić information content (AvgIpc) is 2.42. The second kappa shape index (κ2) is 5.41. The number of aryl methyl sites for hydroxylation is 1. The van der Waals surface area contributed by atoms with Gasteiger partial charge < -0.3 is 15.0 Å². The maximum Gasteiger partial charge on any atom is 0.142 e. The zero-order valence-corrected chi connectivity index (χ0v) is 12.8. The molecule has 1 aromatic rings. The SMILES string of the molecule is CCC1(C)CN(c2cc(C)ccc2OC)C(C)CN1. The highest BCUT2D eigenvalue weighted by Gasteiger charge is 2.33. The summed E-state index contributed by atoms with van der Waals surface area (Å²) in [5, 5.41) is 3.66. The molecule has 1 saturated heterocycles. The molecule has 0 aliphatic carbocycles. The van der Waals surface area contributed by atoms with Gasteiger partial charge in [0.25, 0.3) is 0 Å². The lowest BCUT2D eigenvalue weighted by Crippen LogP contribution is -2.62. The molecule has 3 nitrogen and oxygen atoms in total. The van der Waals surface area contributed by atoms with E-state index in [9.17, 15) is 0 Å². The normalized spacial score (nSPS) is 27.4. The molecule has 1 heterocycles. The smallest absolute Gasteiger partial charge is 0.142 e. The van der Waals surface area contributed by atoms with Crippen LogP contribution in [0.3, 0.4) is 0 Å². The molecule has 1 N–H and O–H groups in total. The van der Waals surface area contributed by atoms with E-state index in [-0.39, 0.29) is 5.54 Å². The lowest BCUT2D eigenvalue weighted by atomic mass is 9.93. The first-order valence-electron chi connectivity index (χ1n) is 7.15. The summed E-state index contributed by atoms with van der Waals surface area (Å²) in [6, 6.07) is 6.89. The average molecular weight is 262 g/mol. The fraction of sp³-hybridized carbons (Fsp3) is 0.625. The summed E-state index contributed by atoms with van der Waals surface area (Å²) in [4.78, 5) is 2.48. The molecule has 0 saturated carbocycles. The van der Waals surface area contributed by atoms with Crippen molar-refractivity contribution in [2.24, 2.45) is 0 Å². The van der Waals surface area contributed by atoms with Gasteiger partial charge in [-0.1, -0.05) is 13.0 Å². The summed E-state index contributed by atoms with van der Waals surface area (Å²) in [6.45, 7) is 11.0. The Bertz CT molecular complexity index is 446. The molecule has 0 bridgehead atoms. The van der Waals surface area contributed by atoms with Crippen LogP contribution >= 0.6 is 0 Å². The highest BCUT2D eigenvalue weighted by molar-refractivity contribution is 5.61. The summed E-state index contributed by atoms with van der Waals surface area (Å²) in [6.07, 6.45) is 1.13. The van der Waals surface area contributed by atoms with Crippen LogP contribution in [-0.2, 0) is 0 Å². The van der Waals surface area contributed by atoms with Gasteiger partial charge in [0.05, 0.1) is 12.8 Å². The van der Waals surface area contributed by atoms with Crippen LogP contribution in [0.15, 0.2) is 18.2 Å². The van der Waals surface area contributed by atoms with E-state index >= 15 is 0 Å². The Balaban J connectivity index is 2.35. The van der Waals surface area contributed by atoms with E-state index < -0.39 is 0 Å². The van der Waals surface area contributed by atoms with Crippen LogP contribution in [0.25, 0.3) is 0 Å². The molecule has 0 radical (unpaired) electrons. The third kappa shape index (κ3) is 2.86. The van der Waals surface area contributed by atoms with Gasteiger partial charge in [-0.15, -0.1) is 0 Å². The van der Waals surface area contributed by atoms with Crippen LogP contribution < -0.4 is 15.0 Å². The third-order valence-corrected chi connectivity index (χ3v) is 4.30. The predicted molar refractivity (Wildman–Crippen MR) is 81.2 cm³/mol. The fourth-order valence-electron chi connectivity index (χ4n) is 2.68. The van der Waals surface area contributed by atoms with Crippen LogP contribution in [0.2, 0.25) is 0 Å². The van der Waals surface area contributed by atoms with E-state index in [1.165, 1.54) is 11.3 Å². The minimum absolute atomic E-state index is 0.182. The van der Waals surface area contributed by atoms with Crippen molar-refractivity contribution in [1.29, 1.82) is 0 Å². The third-order valence-electron chi connectivity index (χ3n) is 4.30. The molecule has 19 heavy (non-hydrogen) atoms. The summed E-state index contributed by atoms with van der Waals surface area (Å²) < 4.78 is 5.54. The van der Waals surface area contributed by atoms with Crippen molar-refractivity contribution in [3.63, 3.8) is 0 Å². The van der Waals surface area contributed by atoms with Gasteiger partial charge in [-0.3, -0.25) is 0 Å². The molecular formula is C16H26N2O. The molecule has 1 aromatic carbocycles. The molecule has 3 heteroatoms. The largest absolute Gasteiger partial charge is 0.495 e. The first-order valence-corrected chi connectivity index (χ1v) is 7.15. The Hall–Kier alpha value is -1.22. The van der Waals surface area contributed by atoms with Crippen molar-refractivity contribution in [2.45, 2.75) is 45.7 Å². The van der Waals surface area contributed by atoms with Crippen molar-refractivity contribution in [3.8, 4) is 5.75 Å². The summed E-state index contributed by atoms with van der Waals surface area (Å²) in [7, 11) is 1.75. The van der Waals surface area contributed by atoms with E-state index in [1.807, 2.05) is 0 Å². The van der Waals surface area contributed by atoms with Crippen molar-refractivity contribution in [2.75, 3.05) is 25.1 Å². The van der Waals surface area contributed by atoms with Crippen LogP contribution in [0.4, 0.5) is 5.69 Å². The summed E-state index contributed by atoms with van der Waals surface area (Å²) in [5.74, 6) is 0.970. The number of rotatable bonds is 3. The van der Waals surface area contributed by atoms with Crippen LogP contribution in [-0.4, -0.2) is 31.8 Å². The number of nitrogens with zero attached hydrogens (tertiary/aromatic N) is 1. The Kier molecular flexibility index (Phi) is 4.04. The van der Waals surface area contributed by atoms with Gasteiger partial charge in [0.15, 0.2) is 0 Å². The Morgan fingerprint density at radius 1 is 1.47 bits per heavy atom. The number of hydrogen-bond donors (Lipinski definition) is 1. The Labute approximate surface area is 116 Å². The van der Waals surface area contributed by atoms with Crippen LogP contribution in [0.5, 0.6) is 5.75 Å². The van der Waals surface area contributed by atoms with E-state index in [1.54, 1.807) is 7.11 Å². The molecule has 1 fully saturated rings. The Morgan fingerprint density at radius 3 is 2.84 bits per heavy atom. The first-order chi connectivity index (χ1) is 8.99. The van der Waals surface area contributed by atoms with Crippen LogP contribution in [0, 0.1) is 6.92 Å². The predicted octanol–water partition coefficient (Wildman–Crippen LogP) is 2.97. The molecule has 0 aromatic heterocycles. The maximum absolute atomic E-state index is 5.54. The standard InChI is InChI=1S/C16H26N2O/c1-6-16(4)11-18(13(3)10-17-16)14-9-12(2)7-8-15(14)19-5/h7-9,13,17H,6,10-11H2,1-5H3. The fourth-order valence-corrected chi connectivity index (χ4v) is 2.68. The molecule has 0 spiro atoms. The highest BCUT2D eigenvalue weighted by atomic mass is 16.5. The number of anilines is 1. The minimum atomic E-state index is 0.182. The molecule has 106 valence electrons. The van der Waals surface area contributed by atoms with Crippen molar-refractivity contribution in [3.05, 3.63) is 23.8 Å². The molecule has 1 aliphatic rings. The maximum atomic E-state index is 5.54. The lowest BCUT2D eigenvalue weighted by Gasteiger charge is -2.46. The van der Waals surface area contributed by atoms with Gasteiger partial charge in [0.2, 0.25) is 0 Å². The van der Waals surface area contributed by atoms with Crippen LogP contribution in [0.1, 0.15) is 32.8 Å². The molecule has 2 rings (SSSR count). The van der Waals surface area contributed by atoms with Gasteiger partial charge in [-0.05, 0) is 44.9 Å². The number of piperazine rings is 1. The van der Waals surface area contributed by atoms with Gasteiger partial charge in [0, 0.05) is 24.7 Å². The number of ether oxygens (including phenoxy) is 1. The van der Waals surface area contributed by atoms with Gasteiger partial charge in [-0.2, -0.15) is 0 Å². The van der Waals surface area contributed by atoms with Crippen molar-refractivity contribution in [1.82, 2.24) is 5.32 Å². The summed E-state index contributed by atoms with van der Waals surface area (Å²) >= 11 is 0. The number of benzene rings is 1. The molecule has 0 amide bonds. The molecule has 2 atom stereocenters. The highest BCUT2D eigenvalue weighted by Crippen LogP contribution is 2.33. The van der Waals surface area contributed by atoms with Crippen molar-refractivity contribution >= 4 is 5.69 Å². The second-order valence-corrected chi connectivity index (χ2v) is 5.95. The molecular weight excluding hydrogens is 236 g/mol. The quantitative estimate of drug-likeness (QED) is 0.906. The van der Waals surface area contributed by atoms with E-state index in [4.69, 9.17) is 4.74 Å². The second-order valence-electron chi connectivity index (χ2n) is 5.95.